The molecule has 0 spiro atoms. The molecule has 0 saturated heterocycles. The third-order valence-corrected chi connectivity index (χ3v) is 1.89. The zero-order chi connectivity index (χ0) is 9.90. The molecule has 0 unspecified atom stereocenters. The van der Waals surface area contributed by atoms with Crippen molar-refractivity contribution in [2.75, 3.05) is 0 Å². The molecule has 0 atom stereocenters. The molecule has 0 saturated carbocycles. The first kappa shape index (κ1) is 10.9. The summed E-state index contributed by atoms with van der Waals surface area (Å²) in [5.41, 5.74) is 0.433. The third-order valence-electron chi connectivity index (χ3n) is 1.24. The fraction of sp³-hybridized carbons (Fsp3) is 0.167. The molecular weight excluding hydrogens is 235 g/mol. The lowest BCUT2D eigenvalue weighted by atomic mass is 10.3. The maximum Gasteiger partial charge on any atom is 0.570 e. The smallest absolute Gasteiger partial charge is 0.523 e. The van der Waals surface area contributed by atoms with E-state index in [2.05, 4.69) is 9.64 Å². The standard InChI is InChI=1S/C6H4BCl3NO2/c8-6(9,10)4-1-2-5(11-3-4)13-7-12/h1-3,12H. The topological polar surface area (TPSA) is 42.4 Å². The highest BCUT2D eigenvalue weighted by atomic mass is 35.6. The van der Waals surface area contributed by atoms with Gasteiger partial charge in [0.15, 0.2) is 5.88 Å². The maximum absolute atomic E-state index is 8.28. The first-order valence-corrected chi connectivity index (χ1v) is 4.33. The predicted molar refractivity (Wildman–Crippen MR) is 52.1 cm³/mol. The lowest BCUT2D eigenvalue weighted by Crippen LogP contribution is -2.04. The molecule has 0 aromatic carbocycles. The van der Waals surface area contributed by atoms with Crippen LogP contribution in [-0.4, -0.2) is 17.7 Å². The van der Waals surface area contributed by atoms with E-state index in [1.54, 1.807) is 6.07 Å². The Bertz CT molecular complexity index is 274. The summed E-state index contributed by atoms with van der Waals surface area (Å²) >= 11 is 16.7. The lowest BCUT2D eigenvalue weighted by Gasteiger charge is -2.10. The highest BCUT2D eigenvalue weighted by Crippen LogP contribution is 2.37. The number of hydrogen-bond acceptors (Lipinski definition) is 3. The van der Waals surface area contributed by atoms with Gasteiger partial charge in [0, 0.05) is 11.8 Å². The summed E-state index contributed by atoms with van der Waals surface area (Å²) in [4.78, 5) is 3.77. The van der Waals surface area contributed by atoms with Gasteiger partial charge in [-0.3, -0.25) is 0 Å². The van der Waals surface area contributed by atoms with Crippen molar-refractivity contribution in [1.29, 1.82) is 0 Å². The minimum absolute atomic E-state index is 0.223. The van der Waals surface area contributed by atoms with Gasteiger partial charge in [0.25, 0.3) is 0 Å². The van der Waals surface area contributed by atoms with E-state index in [4.69, 9.17) is 39.8 Å². The number of hydrogen-bond donors (Lipinski definition) is 1. The zero-order valence-corrected chi connectivity index (χ0v) is 8.51. The second kappa shape index (κ2) is 4.37. The number of aromatic nitrogens is 1. The van der Waals surface area contributed by atoms with Crippen LogP contribution in [0.15, 0.2) is 18.3 Å². The zero-order valence-electron chi connectivity index (χ0n) is 6.25. The summed E-state index contributed by atoms with van der Waals surface area (Å²) in [6.45, 7) is 0. The maximum atomic E-state index is 8.28. The van der Waals surface area contributed by atoms with Crippen LogP contribution in [0.5, 0.6) is 5.88 Å². The van der Waals surface area contributed by atoms with E-state index in [0.29, 0.717) is 13.2 Å². The molecule has 7 heteroatoms. The Morgan fingerprint density at radius 3 is 2.46 bits per heavy atom. The van der Waals surface area contributed by atoms with Gasteiger partial charge in [0.1, 0.15) is 0 Å². The molecule has 0 aliphatic heterocycles. The summed E-state index contributed by atoms with van der Waals surface area (Å²) in [6.07, 6.45) is 1.35. The summed E-state index contributed by atoms with van der Waals surface area (Å²) < 4.78 is 3.07. The van der Waals surface area contributed by atoms with E-state index in [-0.39, 0.29) is 5.88 Å². The normalized spacial score (nSPS) is 11.1. The average Bonchev–Trinajstić information content (AvgIpc) is 2.04. The van der Waals surface area contributed by atoms with Crippen LogP contribution in [0.2, 0.25) is 0 Å². The van der Waals surface area contributed by atoms with Crippen molar-refractivity contribution in [1.82, 2.24) is 4.98 Å². The van der Waals surface area contributed by atoms with Crippen molar-refractivity contribution in [3.8, 4) is 5.88 Å². The van der Waals surface area contributed by atoms with Gasteiger partial charge in [-0.25, -0.2) is 4.98 Å². The number of rotatable bonds is 2. The fourth-order valence-electron chi connectivity index (χ4n) is 0.672. The molecule has 1 N–H and O–H groups in total. The Kier molecular flexibility index (Phi) is 3.68. The second-order valence-electron chi connectivity index (χ2n) is 2.11. The van der Waals surface area contributed by atoms with E-state index in [9.17, 15) is 0 Å². The Hall–Kier alpha value is -0.155. The van der Waals surface area contributed by atoms with Crippen molar-refractivity contribution in [2.24, 2.45) is 0 Å². The van der Waals surface area contributed by atoms with Gasteiger partial charge in [-0.1, -0.05) is 34.8 Å². The Morgan fingerprint density at radius 1 is 1.38 bits per heavy atom. The molecule has 1 aromatic heterocycles. The Morgan fingerprint density at radius 2 is 2.08 bits per heavy atom. The molecule has 1 radical (unpaired) electrons. The minimum atomic E-state index is -1.49. The summed E-state index contributed by atoms with van der Waals surface area (Å²) in [5.74, 6) is 0.223. The van der Waals surface area contributed by atoms with Gasteiger partial charge in [-0.15, -0.1) is 0 Å². The van der Waals surface area contributed by atoms with Crippen molar-refractivity contribution in [3.05, 3.63) is 23.9 Å². The van der Waals surface area contributed by atoms with Crippen molar-refractivity contribution < 1.29 is 9.68 Å². The largest absolute Gasteiger partial charge is 0.570 e. The van der Waals surface area contributed by atoms with Crippen molar-refractivity contribution in [2.45, 2.75) is 3.79 Å². The monoisotopic (exact) mass is 238 g/mol. The number of halogens is 3. The van der Waals surface area contributed by atoms with Gasteiger partial charge < -0.3 is 9.68 Å². The van der Waals surface area contributed by atoms with Gasteiger partial charge in [-0.05, 0) is 12.1 Å². The van der Waals surface area contributed by atoms with E-state index in [0.717, 1.165) is 0 Å². The number of alkyl halides is 3. The van der Waals surface area contributed by atoms with E-state index in [1.165, 1.54) is 12.3 Å². The summed E-state index contributed by atoms with van der Waals surface area (Å²) in [7, 11) is 0.525. The minimum Gasteiger partial charge on any atom is -0.523 e. The molecule has 0 aliphatic carbocycles. The van der Waals surface area contributed by atoms with Gasteiger partial charge >= 0.3 is 7.69 Å². The molecule has 0 aliphatic rings. The van der Waals surface area contributed by atoms with E-state index < -0.39 is 3.79 Å². The molecule has 0 amide bonds. The predicted octanol–water partition coefficient (Wildman–Crippen LogP) is 1.81. The summed E-state index contributed by atoms with van der Waals surface area (Å²) in [5, 5.41) is 8.28. The van der Waals surface area contributed by atoms with Gasteiger partial charge in [0.05, 0.1) is 0 Å². The third kappa shape index (κ3) is 3.23. The van der Waals surface area contributed by atoms with Crippen molar-refractivity contribution >= 4 is 42.5 Å². The second-order valence-corrected chi connectivity index (χ2v) is 4.39. The van der Waals surface area contributed by atoms with Crippen LogP contribution in [0.1, 0.15) is 5.56 Å². The highest BCUT2D eigenvalue weighted by molar-refractivity contribution is 6.66. The van der Waals surface area contributed by atoms with E-state index >= 15 is 0 Å². The van der Waals surface area contributed by atoms with Crippen LogP contribution >= 0.6 is 34.8 Å². The molecular formula is C6H4BCl3NO2. The molecule has 0 fully saturated rings. The first-order valence-electron chi connectivity index (χ1n) is 3.20. The van der Waals surface area contributed by atoms with Crippen LogP contribution in [0.25, 0.3) is 0 Å². The van der Waals surface area contributed by atoms with Crippen LogP contribution in [0.3, 0.4) is 0 Å². The summed E-state index contributed by atoms with van der Waals surface area (Å²) in [6, 6.07) is 3.02. The van der Waals surface area contributed by atoms with Crippen LogP contribution < -0.4 is 4.65 Å². The van der Waals surface area contributed by atoms with Crippen LogP contribution in [0, 0.1) is 0 Å². The van der Waals surface area contributed by atoms with Gasteiger partial charge in [-0.2, -0.15) is 0 Å². The highest BCUT2D eigenvalue weighted by Gasteiger charge is 2.22. The lowest BCUT2D eigenvalue weighted by molar-refractivity contribution is 0.443. The molecule has 3 nitrogen and oxygen atoms in total. The molecule has 69 valence electrons. The van der Waals surface area contributed by atoms with Crippen LogP contribution in [-0.2, 0) is 3.79 Å². The quantitative estimate of drug-likeness (QED) is 0.632. The molecule has 1 aromatic rings. The molecule has 1 heterocycles. The fourth-order valence-corrected chi connectivity index (χ4v) is 1.01. The Balaban J connectivity index is 2.81. The Labute approximate surface area is 90.9 Å². The molecule has 1 rings (SSSR count). The van der Waals surface area contributed by atoms with E-state index in [1.807, 2.05) is 0 Å². The number of pyridine rings is 1. The van der Waals surface area contributed by atoms with Crippen molar-refractivity contribution in [3.63, 3.8) is 0 Å². The molecule has 0 bridgehead atoms. The average molecular weight is 239 g/mol. The van der Waals surface area contributed by atoms with Crippen LogP contribution in [0.4, 0.5) is 0 Å². The first-order chi connectivity index (χ1) is 6.04. The molecule has 13 heavy (non-hydrogen) atoms. The van der Waals surface area contributed by atoms with Gasteiger partial charge in [0.2, 0.25) is 3.79 Å². The SMILES string of the molecule is O[B]Oc1ccc(C(Cl)(Cl)Cl)cn1. The number of nitrogens with zero attached hydrogens (tertiary/aromatic N) is 1.